The molecule has 0 aliphatic heterocycles. The van der Waals surface area contributed by atoms with Crippen LogP contribution in [0.5, 0.6) is 0 Å². The van der Waals surface area contributed by atoms with Gasteiger partial charge in [0.2, 0.25) is 5.91 Å². The highest BCUT2D eigenvalue weighted by Crippen LogP contribution is 2.21. The van der Waals surface area contributed by atoms with Gasteiger partial charge in [0.05, 0.1) is 30.5 Å². The van der Waals surface area contributed by atoms with Crippen molar-refractivity contribution >= 4 is 17.7 Å². The van der Waals surface area contributed by atoms with Crippen molar-refractivity contribution < 1.29 is 19.1 Å². The predicted octanol–water partition coefficient (Wildman–Crippen LogP) is 2.23. The van der Waals surface area contributed by atoms with Crippen molar-refractivity contribution in [1.82, 2.24) is 15.2 Å². The number of esters is 1. The lowest BCUT2D eigenvalue weighted by Gasteiger charge is -2.26. The molecule has 0 aliphatic carbocycles. The van der Waals surface area contributed by atoms with Crippen LogP contribution >= 0.6 is 0 Å². The van der Waals surface area contributed by atoms with Gasteiger partial charge < -0.3 is 15.0 Å². The maximum Gasteiger partial charge on any atom is 0.340 e. The van der Waals surface area contributed by atoms with E-state index in [0.29, 0.717) is 22.5 Å². The van der Waals surface area contributed by atoms with Crippen LogP contribution in [0.25, 0.3) is 0 Å². The van der Waals surface area contributed by atoms with Gasteiger partial charge in [-0.15, -0.1) is 0 Å². The normalized spacial score (nSPS) is 12.8. The summed E-state index contributed by atoms with van der Waals surface area (Å²) in [5, 5.41) is 2.88. The largest absolute Gasteiger partial charge is 0.462 e. The smallest absolute Gasteiger partial charge is 0.340 e. The lowest BCUT2D eigenvalue weighted by Crippen LogP contribution is -2.48. The summed E-state index contributed by atoms with van der Waals surface area (Å²) in [6.45, 7) is 13.0. The third-order valence-electron chi connectivity index (χ3n) is 4.11. The van der Waals surface area contributed by atoms with Gasteiger partial charge in [-0.1, -0.05) is 0 Å². The van der Waals surface area contributed by atoms with Crippen molar-refractivity contribution in [2.75, 3.05) is 20.2 Å². The molecule has 0 aliphatic rings. The molecular formula is C19H31N3O4. The number of Topliss-reactive ketones (excluding diaryl/α,β-unsaturated/α-hetero) is 1. The van der Waals surface area contributed by atoms with Crippen molar-refractivity contribution in [3.8, 4) is 0 Å². The Morgan fingerprint density at radius 3 is 2.31 bits per heavy atom. The molecule has 0 unspecified atom stereocenters. The number of likely N-dealkylation sites (N-methyl/N-ethyl adjacent to an activating group) is 1. The number of nitrogens with zero attached hydrogens (tertiary/aromatic N) is 1. The minimum absolute atomic E-state index is 0.105. The molecule has 1 heterocycles. The highest BCUT2D eigenvalue weighted by molar-refractivity contribution is 6.04. The number of ketones is 1. The summed E-state index contributed by atoms with van der Waals surface area (Å²) in [5.41, 5.74) is 1.62. The molecule has 1 atom stereocenters. The average Bonchev–Trinajstić information content (AvgIpc) is 2.78. The van der Waals surface area contributed by atoms with Gasteiger partial charge in [0, 0.05) is 11.2 Å². The van der Waals surface area contributed by atoms with Crippen molar-refractivity contribution in [3.05, 3.63) is 22.5 Å². The first-order valence-electron chi connectivity index (χ1n) is 8.80. The molecule has 0 spiro atoms. The third kappa shape index (κ3) is 5.42. The highest BCUT2D eigenvalue weighted by Gasteiger charge is 2.28. The molecule has 1 amide bonds. The van der Waals surface area contributed by atoms with E-state index in [4.69, 9.17) is 4.74 Å². The first kappa shape index (κ1) is 21.9. The zero-order chi connectivity index (χ0) is 20.2. The molecule has 1 aromatic heterocycles. The lowest BCUT2D eigenvalue weighted by atomic mass is 10.0. The Morgan fingerprint density at radius 2 is 1.81 bits per heavy atom. The van der Waals surface area contributed by atoms with E-state index in [9.17, 15) is 14.4 Å². The summed E-state index contributed by atoms with van der Waals surface area (Å²) < 4.78 is 5.06. The van der Waals surface area contributed by atoms with E-state index in [1.807, 2.05) is 20.8 Å². The summed E-state index contributed by atoms with van der Waals surface area (Å²) in [4.78, 5) is 41.7. The SMILES string of the molecule is CCOC(=O)c1c(C)[nH]c(C(=O)[C@@H](C)N(C)CC(=O)NC(C)(C)C)c1C. The van der Waals surface area contributed by atoms with E-state index in [1.54, 1.807) is 39.6 Å². The summed E-state index contributed by atoms with van der Waals surface area (Å²) in [7, 11) is 1.72. The van der Waals surface area contributed by atoms with Gasteiger partial charge >= 0.3 is 5.97 Å². The molecule has 0 saturated carbocycles. The highest BCUT2D eigenvalue weighted by atomic mass is 16.5. The molecule has 0 fully saturated rings. The minimum Gasteiger partial charge on any atom is -0.462 e. The van der Waals surface area contributed by atoms with Crippen LogP contribution in [-0.2, 0) is 9.53 Å². The molecule has 0 aromatic carbocycles. The number of aromatic nitrogens is 1. The number of carbonyl (C=O) groups excluding carboxylic acids is 3. The Bertz CT molecular complexity index is 686. The maximum atomic E-state index is 12.9. The van der Waals surface area contributed by atoms with Crippen molar-refractivity contribution in [2.24, 2.45) is 0 Å². The predicted molar refractivity (Wildman–Crippen MR) is 101 cm³/mol. The first-order valence-corrected chi connectivity index (χ1v) is 8.80. The van der Waals surface area contributed by atoms with Crippen LogP contribution in [0.15, 0.2) is 0 Å². The fraction of sp³-hybridized carbons (Fsp3) is 0.632. The van der Waals surface area contributed by atoms with Gasteiger partial charge in [-0.25, -0.2) is 4.79 Å². The van der Waals surface area contributed by atoms with E-state index in [1.165, 1.54) is 0 Å². The van der Waals surface area contributed by atoms with Crippen LogP contribution in [0, 0.1) is 13.8 Å². The number of carbonyl (C=O) groups is 3. The number of hydrogen-bond donors (Lipinski definition) is 2. The van der Waals surface area contributed by atoms with E-state index in [-0.39, 0.29) is 30.4 Å². The quantitative estimate of drug-likeness (QED) is 0.571. The number of amides is 1. The maximum absolute atomic E-state index is 12.9. The van der Waals surface area contributed by atoms with Gasteiger partial charge in [-0.2, -0.15) is 0 Å². The molecule has 0 radical (unpaired) electrons. The number of aryl methyl sites for hydroxylation is 1. The van der Waals surface area contributed by atoms with Crippen LogP contribution < -0.4 is 5.32 Å². The Kier molecular flexibility index (Phi) is 7.15. The Balaban J connectivity index is 2.93. The van der Waals surface area contributed by atoms with E-state index in [2.05, 4.69) is 10.3 Å². The fourth-order valence-corrected chi connectivity index (χ4v) is 2.74. The molecule has 26 heavy (non-hydrogen) atoms. The van der Waals surface area contributed by atoms with Crippen LogP contribution in [0.3, 0.4) is 0 Å². The lowest BCUT2D eigenvalue weighted by molar-refractivity contribution is -0.123. The average molecular weight is 365 g/mol. The molecule has 146 valence electrons. The zero-order valence-electron chi connectivity index (χ0n) is 17.1. The first-order chi connectivity index (χ1) is 11.9. The van der Waals surface area contributed by atoms with Crippen LogP contribution in [-0.4, -0.2) is 59.3 Å². The monoisotopic (exact) mass is 365 g/mol. The molecule has 2 N–H and O–H groups in total. The van der Waals surface area contributed by atoms with Crippen LogP contribution in [0.1, 0.15) is 66.7 Å². The number of hydrogen-bond acceptors (Lipinski definition) is 5. The summed E-state index contributed by atoms with van der Waals surface area (Å²) >= 11 is 0. The second-order valence-corrected chi connectivity index (χ2v) is 7.60. The standard InChI is InChI=1S/C19H31N3O4/c1-9-26-18(25)15-11(2)16(20-12(15)3)17(24)13(4)22(8)10-14(23)21-19(5,6)7/h13,20H,9-10H2,1-8H3,(H,21,23)/t13-/m1/s1. The molecule has 1 aromatic rings. The van der Waals surface area contributed by atoms with Gasteiger partial charge in [0.25, 0.3) is 0 Å². The number of rotatable bonds is 7. The van der Waals surface area contributed by atoms with Crippen LogP contribution in [0.4, 0.5) is 0 Å². The molecule has 7 heteroatoms. The molecular weight excluding hydrogens is 334 g/mol. The van der Waals surface area contributed by atoms with Crippen molar-refractivity contribution in [3.63, 3.8) is 0 Å². The Morgan fingerprint density at radius 1 is 1.23 bits per heavy atom. The molecule has 7 nitrogen and oxygen atoms in total. The van der Waals surface area contributed by atoms with Gasteiger partial charge in [-0.3, -0.25) is 14.5 Å². The second kappa shape index (κ2) is 8.49. The molecule has 0 saturated heterocycles. The fourth-order valence-electron chi connectivity index (χ4n) is 2.74. The summed E-state index contributed by atoms with van der Waals surface area (Å²) in [6, 6.07) is -0.521. The topological polar surface area (TPSA) is 91.5 Å². The van der Waals surface area contributed by atoms with Crippen LogP contribution in [0.2, 0.25) is 0 Å². The van der Waals surface area contributed by atoms with Gasteiger partial charge in [0.15, 0.2) is 5.78 Å². The third-order valence-corrected chi connectivity index (χ3v) is 4.11. The Hall–Kier alpha value is -2.15. The molecule has 0 bridgehead atoms. The number of nitrogens with one attached hydrogen (secondary N) is 2. The second-order valence-electron chi connectivity index (χ2n) is 7.60. The number of H-pyrrole nitrogens is 1. The number of aromatic amines is 1. The zero-order valence-corrected chi connectivity index (χ0v) is 17.1. The number of ether oxygens (including phenoxy) is 1. The molecule has 1 rings (SSSR count). The van der Waals surface area contributed by atoms with Gasteiger partial charge in [0.1, 0.15) is 0 Å². The van der Waals surface area contributed by atoms with E-state index >= 15 is 0 Å². The summed E-state index contributed by atoms with van der Waals surface area (Å²) in [6.07, 6.45) is 0. The van der Waals surface area contributed by atoms with Crippen molar-refractivity contribution in [1.29, 1.82) is 0 Å². The minimum atomic E-state index is -0.521. The van der Waals surface area contributed by atoms with E-state index < -0.39 is 12.0 Å². The Labute approximate surface area is 155 Å². The van der Waals surface area contributed by atoms with Crippen molar-refractivity contribution in [2.45, 2.75) is 60.0 Å². The van der Waals surface area contributed by atoms with Gasteiger partial charge in [-0.05, 0) is 61.1 Å². The van der Waals surface area contributed by atoms with E-state index in [0.717, 1.165) is 0 Å². The summed E-state index contributed by atoms with van der Waals surface area (Å²) in [5.74, 6) is -0.762.